The lowest BCUT2D eigenvalue weighted by atomic mass is 9.68. The van der Waals surface area contributed by atoms with Gasteiger partial charge in [-0.15, -0.1) is 11.3 Å². The first kappa shape index (κ1) is 33.3. The van der Waals surface area contributed by atoms with E-state index in [1.807, 2.05) is 11.3 Å². The Morgan fingerprint density at radius 1 is 0.316 bits per heavy atom. The highest BCUT2D eigenvalue weighted by Crippen LogP contribution is 2.59. The van der Waals surface area contributed by atoms with Crippen LogP contribution in [-0.4, -0.2) is 0 Å². The highest BCUT2D eigenvalue weighted by molar-refractivity contribution is 7.27. The van der Waals surface area contributed by atoms with Crippen LogP contribution in [0.2, 0.25) is 0 Å². The number of hydrogen-bond acceptors (Lipinski definition) is 2. The summed E-state index contributed by atoms with van der Waals surface area (Å²) in [4.78, 5) is 2.34. The molecule has 0 radical (unpaired) electrons. The molecule has 1 nitrogen and oxygen atoms in total. The summed E-state index contributed by atoms with van der Waals surface area (Å²) in [6.45, 7) is 0. The summed E-state index contributed by atoms with van der Waals surface area (Å²) in [7, 11) is 0. The molecule has 1 heterocycles. The molecular formula is C55H37NS. The van der Waals surface area contributed by atoms with Gasteiger partial charge in [0.25, 0.3) is 0 Å². The molecular weight excluding hydrogens is 707 g/mol. The monoisotopic (exact) mass is 743 g/mol. The molecule has 0 saturated heterocycles. The minimum Gasteiger partial charge on any atom is -0.311 e. The van der Waals surface area contributed by atoms with Crippen LogP contribution in [0.15, 0.2) is 224 Å². The van der Waals surface area contributed by atoms with Crippen molar-refractivity contribution in [1.29, 1.82) is 0 Å². The van der Waals surface area contributed by atoms with Gasteiger partial charge in [-0.1, -0.05) is 188 Å². The molecule has 11 rings (SSSR count). The predicted octanol–water partition coefficient (Wildman–Crippen LogP) is 15.2. The molecule has 0 aliphatic heterocycles. The van der Waals surface area contributed by atoms with Crippen LogP contribution in [0.25, 0.3) is 53.6 Å². The zero-order valence-electron chi connectivity index (χ0n) is 31.2. The zero-order valence-corrected chi connectivity index (χ0v) is 32.0. The highest BCUT2D eigenvalue weighted by atomic mass is 32.1. The lowest BCUT2D eigenvalue weighted by Gasteiger charge is -2.33. The fourth-order valence-corrected chi connectivity index (χ4v) is 10.7. The number of anilines is 3. The first-order valence-corrected chi connectivity index (χ1v) is 20.4. The maximum atomic E-state index is 2.41. The molecule has 2 heteroatoms. The lowest BCUT2D eigenvalue weighted by Crippen LogP contribution is -2.28. The Morgan fingerprint density at radius 2 is 0.807 bits per heavy atom. The number of nitrogens with zero attached hydrogens (tertiary/aromatic N) is 1. The maximum Gasteiger partial charge on any atom is 0.0714 e. The second-order valence-corrected chi connectivity index (χ2v) is 15.8. The van der Waals surface area contributed by atoms with Crippen molar-refractivity contribution in [3.05, 3.63) is 247 Å². The number of fused-ring (bicyclic) bond motifs is 7. The first-order chi connectivity index (χ1) is 28.3. The second kappa shape index (κ2) is 13.6. The molecule has 1 aromatic heterocycles. The molecule has 1 aliphatic rings. The minimum absolute atomic E-state index is 0.413. The van der Waals surface area contributed by atoms with Crippen LogP contribution in [0.1, 0.15) is 22.3 Å². The molecule has 0 amide bonds. The summed E-state index contributed by atoms with van der Waals surface area (Å²) in [5.41, 5.74) is 15.8. The van der Waals surface area contributed by atoms with Gasteiger partial charge in [0.15, 0.2) is 0 Å². The van der Waals surface area contributed by atoms with E-state index in [2.05, 4.69) is 229 Å². The van der Waals surface area contributed by atoms with Crippen LogP contribution in [0.4, 0.5) is 17.1 Å². The summed E-state index contributed by atoms with van der Waals surface area (Å²) in [6, 6.07) is 82.1. The van der Waals surface area contributed by atoms with E-state index in [1.54, 1.807) is 0 Å². The van der Waals surface area contributed by atoms with E-state index in [9.17, 15) is 0 Å². The lowest BCUT2D eigenvalue weighted by molar-refractivity contribution is 0.769. The molecule has 0 spiro atoms. The average Bonchev–Trinajstić information content (AvgIpc) is 3.83. The highest BCUT2D eigenvalue weighted by Gasteiger charge is 2.46. The summed E-state index contributed by atoms with van der Waals surface area (Å²) in [5, 5.41) is 2.62. The van der Waals surface area contributed by atoms with Crippen molar-refractivity contribution < 1.29 is 0 Å². The molecule has 0 fully saturated rings. The molecule has 10 aromatic rings. The van der Waals surface area contributed by atoms with Crippen molar-refractivity contribution in [1.82, 2.24) is 0 Å². The van der Waals surface area contributed by atoms with E-state index in [-0.39, 0.29) is 0 Å². The Balaban J connectivity index is 1.05. The third-order valence-electron chi connectivity index (χ3n) is 11.8. The van der Waals surface area contributed by atoms with Crippen molar-refractivity contribution in [2.45, 2.75) is 5.41 Å². The van der Waals surface area contributed by atoms with Gasteiger partial charge in [-0.3, -0.25) is 0 Å². The molecule has 57 heavy (non-hydrogen) atoms. The first-order valence-electron chi connectivity index (χ1n) is 19.6. The molecule has 0 N–H and O–H groups in total. The fraction of sp³-hybridized carbons (Fsp3) is 0.0182. The summed E-state index contributed by atoms with van der Waals surface area (Å²) < 4.78 is 2.67. The Kier molecular flexibility index (Phi) is 7.98. The smallest absolute Gasteiger partial charge is 0.0714 e. The van der Waals surface area contributed by atoms with Gasteiger partial charge in [0.05, 0.1) is 5.41 Å². The van der Waals surface area contributed by atoms with E-state index >= 15 is 0 Å². The van der Waals surface area contributed by atoms with Crippen LogP contribution in [0.5, 0.6) is 0 Å². The van der Waals surface area contributed by atoms with Crippen LogP contribution < -0.4 is 4.90 Å². The van der Waals surface area contributed by atoms with Gasteiger partial charge >= 0.3 is 0 Å². The van der Waals surface area contributed by atoms with Gasteiger partial charge < -0.3 is 4.90 Å². The molecule has 0 unspecified atom stereocenters. The van der Waals surface area contributed by atoms with E-state index in [1.165, 1.54) is 75.8 Å². The van der Waals surface area contributed by atoms with Crippen molar-refractivity contribution in [2.75, 3.05) is 4.90 Å². The van der Waals surface area contributed by atoms with Gasteiger partial charge in [-0.25, -0.2) is 0 Å². The average molecular weight is 744 g/mol. The molecule has 0 bridgehead atoms. The number of thiophene rings is 1. The zero-order chi connectivity index (χ0) is 37.8. The van der Waals surface area contributed by atoms with Crippen molar-refractivity contribution in [3.63, 3.8) is 0 Å². The molecule has 0 saturated carbocycles. The van der Waals surface area contributed by atoms with Crippen molar-refractivity contribution in [2.24, 2.45) is 0 Å². The Labute approximate surface area is 337 Å². The van der Waals surface area contributed by atoms with E-state index in [4.69, 9.17) is 0 Å². The minimum atomic E-state index is -0.413. The molecule has 1 aliphatic carbocycles. The number of benzene rings is 9. The number of para-hydroxylation sites is 1. The van der Waals surface area contributed by atoms with Crippen molar-refractivity contribution >= 4 is 48.6 Å². The van der Waals surface area contributed by atoms with Gasteiger partial charge in [-0.2, -0.15) is 0 Å². The largest absolute Gasteiger partial charge is 0.311 e. The topological polar surface area (TPSA) is 3.24 Å². The third kappa shape index (κ3) is 5.29. The van der Waals surface area contributed by atoms with Crippen LogP contribution in [0.3, 0.4) is 0 Å². The van der Waals surface area contributed by atoms with Gasteiger partial charge in [-0.05, 0) is 86.5 Å². The standard InChI is InChI=1S/C55H37NS/c1-5-16-38(17-6-1)39-28-32-44(33-29-39)56(43-22-11-4-12-23-43)45-34-30-40(31-35-45)46-25-15-26-47-48-36-37-51-52(54(48)57-53(46)47)49-24-13-14-27-50(49)55(51,41-18-7-2-8-19-41)42-20-9-3-10-21-42/h1-37H. The van der Waals surface area contributed by atoms with Gasteiger partial charge in [0, 0.05) is 42.8 Å². The van der Waals surface area contributed by atoms with E-state index in [0.717, 1.165) is 17.1 Å². The summed E-state index contributed by atoms with van der Waals surface area (Å²) in [6.07, 6.45) is 0. The van der Waals surface area contributed by atoms with Crippen molar-refractivity contribution in [3.8, 4) is 33.4 Å². The predicted molar refractivity (Wildman–Crippen MR) is 242 cm³/mol. The SMILES string of the molecule is c1ccc(-c2ccc(N(c3ccccc3)c3ccc(-c4cccc5c4sc4c6c(ccc45)C(c4ccccc4)(c4ccccc4)c4ccccc4-6)cc3)cc2)cc1. The second-order valence-electron chi connectivity index (χ2n) is 14.8. The Bertz CT molecular complexity index is 2980. The molecule has 268 valence electrons. The Morgan fingerprint density at radius 3 is 1.46 bits per heavy atom. The van der Waals surface area contributed by atoms with Gasteiger partial charge in [0.1, 0.15) is 0 Å². The third-order valence-corrected chi connectivity index (χ3v) is 13.0. The quantitative estimate of drug-likeness (QED) is 0.157. The van der Waals surface area contributed by atoms with Gasteiger partial charge in [0.2, 0.25) is 0 Å². The maximum absolute atomic E-state index is 2.41. The molecule has 9 aromatic carbocycles. The van der Waals surface area contributed by atoms with Crippen LogP contribution in [0, 0.1) is 0 Å². The number of hydrogen-bond donors (Lipinski definition) is 0. The van der Waals surface area contributed by atoms with Crippen LogP contribution >= 0.6 is 11.3 Å². The summed E-state index contributed by atoms with van der Waals surface area (Å²) >= 11 is 1.94. The molecule has 0 atom stereocenters. The van der Waals surface area contributed by atoms with Crippen LogP contribution in [-0.2, 0) is 5.41 Å². The summed E-state index contributed by atoms with van der Waals surface area (Å²) in [5.74, 6) is 0. The Hall–Kier alpha value is -7.00. The van der Waals surface area contributed by atoms with E-state index in [0.29, 0.717) is 0 Å². The fourth-order valence-electron chi connectivity index (χ4n) is 9.26. The van der Waals surface area contributed by atoms with E-state index < -0.39 is 5.41 Å². The normalized spacial score (nSPS) is 12.7. The number of rotatable bonds is 7.